The van der Waals surface area contributed by atoms with Crippen molar-refractivity contribution in [2.24, 2.45) is 0 Å². The molecule has 0 aromatic heterocycles. The number of ether oxygens (including phenoxy) is 1. The first-order valence-corrected chi connectivity index (χ1v) is 4.56. The second-order valence-corrected chi connectivity index (χ2v) is 3.38. The number of Topliss-reactive ketones (excluding diaryl/α,β-unsaturated/α-hetero) is 1. The predicted molar refractivity (Wildman–Crippen MR) is 52.4 cm³/mol. The minimum atomic E-state index is -4.38. The van der Waals surface area contributed by atoms with Gasteiger partial charge in [-0.15, -0.1) is 0 Å². The largest absolute Gasteiger partial charge is 0.416 e. The van der Waals surface area contributed by atoms with Crippen LogP contribution in [0.2, 0.25) is 0 Å². The second kappa shape index (κ2) is 4.65. The molecule has 0 aliphatic heterocycles. The fourth-order valence-corrected chi connectivity index (χ4v) is 1.36. The summed E-state index contributed by atoms with van der Waals surface area (Å²) >= 11 is 0. The number of ketones is 1. The third-order valence-electron chi connectivity index (χ3n) is 2.13. The summed E-state index contributed by atoms with van der Waals surface area (Å²) in [4.78, 5) is 11.4. The van der Waals surface area contributed by atoms with Crippen LogP contribution < -0.4 is 0 Å². The van der Waals surface area contributed by atoms with Gasteiger partial charge in [-0.25, -0.2) is 0 Å². The highest BCUT2D eigenvalue weighted by Gasteiger charge is 2.30. The molecule has 5 heteroatoms. The van der Waals surface area contributed by atoms with Gasteiger partial charge in [0, 0.05) is 12.7 Å². The molecule has 1 aromatic rings. The van der Waals surface area contributed by atoms with E-state index in [0.29, 0.717) is 5.56 Å². The zero-order valence-corrected chi connectivity index (χ0v) is 8.89. The van der Waals surface area contributed by atoms with Gasteiger partial charge in [0.15, 0.2) is 5.78 Å². The molecule has 0 saturated heterocycles. The summed E-state index contributed by atoms with van der Waals surface area (Å²) in [5.41, 5.74) is -0.189. The van der Waals surface area contributed by atoms with Crippen molar-refractivity contribution in [2.75, 3.05) is 13.7 Å². The molecule has 0 bridgehead atoms. The summed E-state index contributed by atoms with van der Waals surface area (Å²) in [5.74, 6) is -0.325. The van der Waals surface area contributed by atoms with Crippen molar-refractivity contribution < 1.29 is 22.7 Å². The average molecular weight is 232 g/mol. The number of carbonyl (C=O) groups excluding carboxylic acids is 1. The SMILES string of the molecule is COCC(=O)c1ccc(C(F)(F)F)cc1C. The summed E-state index contributed by atoms with van der Waals surface area (Å²) in [6.45, 7) is 1.34. The van der Waals surface area contributed by atoms with Crippen molar-refractivity contribution in [3.8, 4) is 0 Å². The normalized spacial score (nSPS) is 11.6. The third kappa shape index (κ3) is 2.82. The molecule has 1 aromatic carbocycles. The fraction of sp³-hybridized carbons (Fsp3) is 0.364. The van der Waals surface area contributed by atoms with E-state index in [4.69, 9.17) is 0 Å². The first-order valence-electron chi connectivity index (χ1n) is 4.56. The van der Waals surface area contributed by atoms with Crippen LogP contribution >= 0.6 is 0 Å². The Morgan fingerprint density at radius 2 is 2.00 bits per heavy atom. The molecule has 1 rings (SSSR count). The van der Waals surface area contributed by atoms with Crippen LogP contribution in [0.1, 0.15) is 21.5 Å². The Balaban J connectivity index is 3.05. The first-order chi connectivity index (χ1) is 7.36. The van der Waals surface area contributed by atoms with E-state index < -0.39 is 11.7 Å². The number of carbonyl (C=O) groups is 1. The molecule has 0 radical (unpaired) electrons. The molecular formula is C11H11F3O2. The summed E-state index contributed by atoms with van der Waals surface area (Å²) in [6, 6.07) is 3.04. The Morgan fingerprint density at radius 3 is 2.44 bits per heavy atom. The number of hydrogen-bond donors (Lipinski definition) is 0. The van der Waals surface area contributed by atoms with E-state index in [1.807, 2.05) is 0 Å². The van der Waals surface area contributed by atoms with Crippen LogP contribution in [0.4, 0.5) is 13.2 Å². The predicted octanol–water partition coefficient (Wildman–Crippen LogP) is 2.84. The summed E-state index contributed by atoms with van der Waals surface area (Å²) in [5, 5.41) is 0. The second-order valence-electron chi connectivity index (χ2n) is 3.38. The highest BCUT2D eigenvalue weighted by atomic mass is 19.4. The molecule has 0 aliphatic rings. The Hall–Kier alpha value is -1.36. The zero-order valence-electron chi connectivity index (χ0n) is 8.89. The summed E-state index contributed by atoms with van der Waals surface area (Å²) < 4.78 is 41.7. The standard InChI is InChI=1S/C11H11F3O2/c1-7-5-8(11(12,13)14)3-4-9(7)10(15)6-16-2/h3-5H,6H2,1-2H3. The van der Waals surface area contributed by atoms with Gasteiger partial charge >= 0.3 is 6.18 Å². The lowest BCUT2D eigenvalue weighted by Crippen LogP contribution is -2.11. The van der Waals surface area contributed by atoms with E-state index in [-0.39, 0.29) is 18.0 Å². The van der Waals surface area contributed by atoms with Gasteiger partial charge in [-0.3, -0.25) is 4.79 Å². The van der Waals surface area contributed by atoms with Gasteiger partial charge < -0.3 is 4.74 Å². The highest BCUT2D eigenvalue weighted by Crippen LogP contribution is 2.30. The van der Waals surface area contributed by atoms with Gasteiger partial charge in [0.05, 0.1) is 5.56 Å². The van der Waals surface area contributed by atoms with Crippen LogP contribution in [0.3, 0.4) is 0 Å². The molecule has 0 saturated carbocycles. The van der Waals surface area contributed by atoms with Crippen LogP contribution in [-0.4, -0.2) is 19.5 Å². The van der Waals surface area contributed by atoms with E-state index in [0.717, 1.165) is 12.1 Å². The van der Waals surface area contributed by atoms with Gasteiger partial charge in [-0.2, -0.15) is 13.2 Å². The topological polar surface area (TPSA) is 26.3 Å². The van der Waals surface area contributed by atoms with E-state index in [1.165, 1.54) is 20.1 Å². The van der Waals surface area contributed by atoms with E-state index in [9.17, 15) is 18.0 Å². The molecular weight excluding hydrogens is 221 g/mol. The molecule has 0 spiro atoms. The number of alkyl halides is 3. The minimum Gasteiger partial charge on any atom is -0.377 e. The maximum absolute atomic E-state index is 12.3. The smallest absolute Gasteiger partial charge is 0.377 e. The molecule has 0 N–H and O–H groups in total. The number of rotatable bonds is 3. The first kappa shape index (κ1) is 12.7. The quantitative estimate of drug-likeness (QED) is 0.749. The van der Waals surface area contributed by atoms with Crippen molar-refractivity contribution in [1.29, 1.82) is 0 Å². The monoisotopic (exact) mass is 232 g/mol. The van der Waals surface area contributed by atoms with Crippen LogP contribution in [0.5, 0.6) is 0 Å². The number of halogens is 3. The highest BCUT2D eigenvalue weighted by molar-refractivity contribution is 5.98. The van der Waals surface area contributed by atoms with Gasteiger partial charge in [0.25, 0.3) is 0 Å². The maximum Gasteiger partial charge on any atom is 0.416 e. The van der Waals surface area contributed by atoms with Crippen LogP contribution in [-0.2, 0) is 10.9 Å². The van der Waals surface area contributed by atoms with Crippen LogP contribution in [0.25, 0.3) is 0 Å². The van der Waals surface area contributed by atoms with Crippen molar-refractivity contribution in [3.05, 3.63) is 34.9 Å². The summed E-state index contributed by atoms with van der Waals surface area (Å²) in [6.07, 6.45) is -4.38. The van der Waals surface area contributed by atoms with Crippen LogP contribution in [0.15, 0.2) is 18.2 Å². The summed E-state index contributed by atoms with van der Waals surface area (Å²) in [7, 11) is 1.36. The molecule has 0 heterocycles. The molecule has 88 valence electrons. The lowest BCUT2D eigenvalue weighted by molar-refractivity contribution is -0.137. The lowest BCUT2D eigenvalue weighted by Gasteiger charge is -2.10. The van der Waals surface area contributed by atoms with E-state index >= 15 is 0 Å². The van der Waals surface area contributed by atoms with E-state index in [1.54, 1.807) is 0 Å². The van der Waals surface area contributed by atoms with E-state index in [2.05, 4.69) is 4.74 Å². The molecule has 0 aliphatic carbocycles. The molecule has 2 nitrogen and oxygen atoms in total. The van der Waals surface area contributed by atoms with Crippen molar-refractivity contribution >= 4 is 5.78 Å². The molecule has 0 fully saturated rings. The number of aryl methyl sites for hydroxylation is 1. The van der Waals surface area contributed by atoms with Crippen LogP contribution in [0, 0.1) is 6.92 Å². The molecule has 16 heavy (non-hydrogen) atoms. The van der Waals surface area contributed by atoms with Gasteiger partial charge in [-0.1, -0.05) is 6.07 Å². The van der Waals surface area contributed by atoms with Crippen molar-refractivity contribution in [3.63, 3.8) is 0 Å². The number of methoxy groups -OCH3 is 1. The fourth-order valence-electron chi connectivity index (χ4n) is 1.36. The molecule has 0 amide bonds. The number of benzene rings is 1. The maximum atomic E-state index is 12.3. The minimum absolute atomic E-state index is 0.133. The van der Waals surface area contributed by atoms with Crippen molar-refractivity contribution in [2.45, 2.75) is 13.1 Å². The van der Waals surface area contributed by atoms with Gasteiger partial charge in [0.1, 0.15) is 6.61 Å². The Labute approximate surface area is 91.0 Å². The van der Waals surface area contributed by atoms with Crippen molar-refractivity contribution in [1.82, 2.24) is 0 Å². The molecule has 0 unspecified atom stereocenters. The third-order valence-corrected chi connectivity index (χ3v) is 2.13. The Kier molecular flexibility index (Phi) is 3.70. The number of hydrogen-bond acceptors (Lipinski definition) is 2. The van der Waals surface area contributed by atoms with Gasteiger partial charge in [0.2, 0.25) is 0 Å². The average Bonchev–Trinajstić information content (AvgIpc) is 2.16. The zero-order chi connectivity index (χ0) is 12.3. The Bertz CT molecular complexity index is 397. The molecule has 0 atom stereocenters. The van der Waals surface area contributed by atoms with Gasteiger partial charge in [-0.05, 0) is 24.6 Å². The Morgan fingerprint density at radius 1 is 1.38 bits per heavy atom. The lowest BCUT2D eigenvalue weighted by atomic mass is 10.0.